The van der Waals surface area contributed by atoms with Crippen LogP contribution in [0.4, 0.5) is 5.69 Å². The van der Waals surface area contributed by atoms with Gasteiger partial charge in [0.15, 0.2) is 11.5 Å². The first-order valence-electron chi connectivity index (χ1n) is 10.1. The Morgan fingerprint density at radius 1 is 1.13 bits per heavy atom. The lowest BCUT2D eigenvalue weighted by atomic mass is 9.99. The van der Waals surface area contributed by atoms with Crippen LogP contribution in [0.1, 0.15) is 31.4 Å². The molecular weight excluding hydrogens is 384 g/mol. The Labute approximate surface area is 176 Å². The quantitative estimate of drug-likeness (QED) is 0.368. The van der Waals surface area contributed by atoms with Crippen molar-refractivity contribution in [2.45, 2.75) is 26.8 Å². The number of nitro groups is 1. The highest BCUT2D eigenvalue weighted by Gasteiger charge is 2.24. The van der Waals surface area contributed by atoms with Crippen molar-refractivity contribution in [1.29, 1.82) is 0 Å². The van der Waals surface area contributed by atoms with Crippen LogP contribution in [0.15, 0.2) is 48.0 Å². The van der Waals surface area contributed by atoms with Gasteiger partial charge in [-0.1, -0.05) is 30.3 Å². The number of carbonyl (C=O) groups excluding carboxylic acids is 1. The van der Waals surface area contributed by atoms with E-state index in [-0.39, 0.29) is 23.8 Å². The molecule has 0 aliphatic carbocycles. The Bertz CT molecular complexity index is 940. The standard InChI is InChI=1S/C23H26N2O5/c1-3-29-22-14-18(13-20(25(27)28)23(22)30-4-2)12-19-16-24(11-10-21(19)26)15-17-8-6-5-7-9-17/h5-9,12-14H,3-4,10-11,15-16H2,1-2H3/b19-12+. The lowest BCUT2D eigenvalue weighted by Gasteiger charge is -2.28. The number of nitrogens with zero attached hydrogens (tertiary/aromatic N) is 2. The third-order valence-electron chi connectivity index (χ3n) is 4.84. The van der Waals surface area contributed by atoms with Crippen LogP contribution in [0.2, 0.25) is 0 Å². The highest BCUT2D eigenvalue weighted by atomic mass is 16.6. The van der Waals surface area contributed by atoms with Gasteiger partial charge in [0, 0.05) is 37.7 Å². The van der Waals surface area contributed by atoms with Gasteiger partial charge in [0.1, 0.15) is 0 Å². The van der Waals surface area contributed by atoms with Gasteiger partial charge < -0.3 is 9.47 Å². The lowest BCUT2D eigenvalue weighted by molar-refractivity contribution is -0.386. The average Bonchev–Trinajstić information content (AvgIpc) is 2.73. The van der Waals surface area contributed by atoms with Gasteiger partial charge in [0.2, 0.25) is 5.75 Å². The number of ketones is 1. The molecule has 30 heavy (non-hydrogen) atoms. The predicted molar refractivity (Wildman–Crippen MR) is 115 cm³/mol. The fourth-order valence-electron chi connectivity index (χ4n) is 3.51. The van der Waals surface area contributed by atoms with Crippen LogP contribution >= 0.6 is 0 Å². The Hall–Kier alpha value is -3.19. The topological polar surface area (TPSA) is 81.9 Å². The molecule has 1 aliphatic heterocycles. The van der Waals surface area contributed by atoms with E-state index in [1.54, 1.807) is 26.0 Å². The van der Waals surface area contributed by atoms with Crippen molar-refractivity contribution < 1.29 is 19.2 Å². The first-order valence-corrected chi connectivity index (χ1v) is 10.1. The summed E-state index contributed by atoms with van der Waals surface area (Å²) < 4.78 is 11.1. The van der Waals surface area contributed by atoms with E-state index in [1.807, 2.05) is 18.2 Å². The molecule has 0 unspecified atom stereocenters. The number of benzene rings is 2. The molecule has 0 spiro atoms. The molecule has 0 aromatic heterocycles. The SMILES string of the molecule is CCOc1cc(/C=C2\CN(Cc3ccccc3)CCC2=O)cc([N+](=O)[O-])c1OCC. The number of hydrogen-bond acceptors (Lipinski definition) is 6. The molecule has 1 heterocycles. The Morgan fingerprint density at radius 2 is 1.87 bits per heavy atom. The predicted octanol–water partition coefficient (Wildman–Crippen LogP) is 4.25. The molecule has 1 saturated heterocycles. The smallest absolute Gasteiger partial charge is 0.315 e. The van der Waals surface area contributed by atoms with E-state index in [2.05, 4.69) is 17.0 Å². The second kappa shape index (κ2) is 10.0. The zero-order chi connectivity index (χ0) is 21.5. The summed E-state index contributed by atoms with van der Waals surface area (Å²) >= 11 is 0. The molecule has 158 valence electrons. The fraction of sp³-hybridized carbons (Fsp3) is 0.348. The summed E-state index contributed by atoms with van der Waals surface area (Å²) in [6.45, 7) is 6.14. The molecule has 0 amide bonds. The van der Waals surface area contributed by atoms with Gasteiger partial charge in [-0.2, -0.15) is 0 Å². The highest BCUT2D eigenvalue weighted by molar-refractivity contribution is 6.00. The van der Waals surface area contributed by atoms with Crippen molar-refractivity contribution in [2.75, 3.05) is 26.3 Å². The van der Waals surface area contributed by atoms with E-state index >= 15 is 0 Å². The minimum Gasteiger partial charge on any atom is -0.490 e. The monoisotopic (exact) mass is 410 g/mol. The summed E-state index contributed by atoms with van der Waals surface area (Å²) in [4.78, 5) is 25.8. The summed E-state index contributed by atoms with van der Waals surface area (Å²) in [5.74, 6) is 0.491. The van der Waals surface area contributed by atoms with Crippen LogP contribution in [0, 0.1) is 10.1 Å². The van der Waals surface area contributed by atoms with Crippen LogP contribution in [-0.4, -0.2) is 41.9 Å². The van der Waals surface area contributed by atoms with Crippen LogP contribution in [0.25, 0.3) is 6.08 Å². The molecule has 0 saturated carbocycles. The molecule has 2 aromatic carbocycles. The van der Waals surface area contributed by atoms with Crippen LogP contribution in [0.3, 0.4) is 0 Å². The van der Waals surface area contributed by atoms with Crippen molar-refractivity contribution in [3.05, 3.63) is 69.3 Å². The Kier molecular flexibility index (Phi) is 7.19. The zero-order valence-corrected chi connectivity index (χ0v) is 17.3. The molecular formula is C23H26N2O5. The number of nitro benzene ring substituents is 1. The van der Waals surface area contributed by atoms with Crippen molar-refractivity contribution >= 4 is 17.5 Å². The molecule has 0 N–H and O–H groups in total. The Morgan fingerprint density at radius 3 is 2.53 bits per heavy atom. The lowest BCUT2D eigenvalue weighted by Crippen LogP contribution is -2.35. The van der Waals surface area contributed by atoms with E-state index in [0.717, 1.165) is 6.54 Å². The Balaban J connectivity index is 1.91. The third kappa shape index (κ3) is 5.24. The van der Waals surface area contributed by atoms with Gasteiger partial charge in [-0.3, -0.25) is 19.8 Å². The molecule has 3 rings (SSSR count). The minimum atomic E-state index is -0.486. The van der Waals surface area contributed by atoms with E-state index < -0.39 is 4.92 Å². The van der Waals surface area contributed by atoms with Crippen molar-refractivity contribution in [1.82, 2.24) is 4.90 Å². The van der Waals surface area contributed by atoms with Gasteiger partial charge in [-0.15, -0.1) is 0 Å². The number of carbonyl (C=O) groups is 1. The second-order valence-electron chi connectivity index (χ2n) is 7.03. The molecule has 1 fully saturated rings. The minimum absolute atomic E-state index is 0.0637. The number of rotatable bonds is 8. The molecule has 0 radical (unpaired) electrons. The van der Waals surface area contributed by atoms with Crippen LogP contribution < -0.4 is 9.47 Å². The number of likely N-dealkylation sites (tertiary alicyclic amines) is 1. The maximum Gasteiger partial charge on any atom is 0.315 e. The first kappa shape index (κ1) is 21.5. The summed E-state index contributed by atoms with van der Waals surface area (Å²) in [7, 11) is 0. The van der Waals surface area contributed by atoms with E-state index in [9.17, 15) is 14.9 Å². The van der Waals surface area contributed by atoms with Gasteiger partial charge in [-0.25, -0.2) is 0 Å². The maximum atomic E-state index is 12.5. The molecule has 0 bridgehead atoms. The molecule has 1 aliphatic rings. The average molecular weight is 410 g/mol. The van der Waals surface area contributed by atoms with E-state index in [4.69, 9.17) is 9.47 Å². The number of Topliss-reactive ketones (excluding diaryl/α,β-unsaturated/α-hetero) is 1. The van der Waals surface area contributed by atoms with Gasteiger partial charge in [-0.05, 0) is 37.1 Å². The molecule has 2 aromatic rings. The van der Waals surface area contributed by atoms with Crippen LogP contribution in [-0.2, 0) is 11.3 Å². The fourth-order valence-corrected chi connectivity index (χ4v) is 3.51. The third-order valence-corrected chi connectivity index (χ3v) is 4.84. The summed E-state index contributed by atoms with van der Waals surface area (Å²) in [6, 6.07) is 13.2. The van der Waals surface area contributed by atoms with Crippen molar-refractivity contribution in [3.63, 3.8) is 0 Å². The largest absolute Gasteiger partial charge is 0.490 e. The van der Waals surface area contributed by atoms with E-state index in [1.165, 1.54) is 11.6 Å². The molecule has 0 atom stereocenters. The van der Waals surface area contributed by atoms with Crippen LogP contribution in [0.5, 0.6) is 11.5 Å². The maximum absolute atomic E-state index is 12.5. The van der Waals surface area contributed by atoms with Crippen molar-refractivity contribution in [3.8, 4) is 11.5 Å². The zero-order valence-electron chi connectivity index (χ0n) is 17.3. The molecule has 7 nitrogen and oxygen atoms in total. The van der Waals surface area contributed by atoms with Crippen molar-refractivity contribution in [2.24, 2.45) is 0 Å². The summed E-state index contributed by atoms with van der Waals surface area (Å²) in [5, 5.41) is 11.6. The number of ether oxygens (including phenoxy) is 2. The first-order chi connectivity index (χ1) is 14.5. The molecule has 7 heteroatoms. The normalized spacial score (nSPS) is 15.9. The summed E-state index contributed by atoms with van der Waals surface area (Å²) in [5.41, 5.74) is 2.21. The van der Waals surface area contributed by atoms with Gasteiger partial charge in [0.25, 0.3) is 0 Å². The van der Waals surface area contributed by atoms with Gasteiger partial charge >= 0.3 is 5.69 Å². The van der Waals surface area contributed by atoms with E-state index in [0.29, 0.717) is 43.0 Å². The summed E-state index contributed by atoms with van der Waals surface area (Å²) in [6.07, 6.45) is 2.15. The highest BCUT2D eigenvalue weighted by Crippen LogP contribution is 2.39. The number of hydrogen-bond donors (Lipinski definition) is 0. The number of piperidine rings is 1. The van der Waals surface area contributed by atoms with Gasteiger partial charge in [0.05, 0.1) is 18.1 Å². The second-order valence-corrected chi connectivity index (χ2v) is 7.03.